The van der Waals surface area contributed by atoms with Crippen molar-refractivity contribution in [2.24, 2.45) is 0 Å². The van der Waals surface area contributed by atoms with Crippen molar-refractivity contribution >= 4 is 5.69 Å². The van der Waals surface area contributed by atoms with Crippen molar-refractivity contribution in [1.82, 2.24) is 0 Å². The zero-order valence-corrected chi connectivity index (χ0v) is 11.2. The normalized spacial score (nSPS) is 16.5. The third-order valence-electron chi connectivity index (χ3n) is 3.05. The summed E-state index contributed by atoms with van der Waals surface area (Å²) < 4.78 is 5.81. The molecule has 1 aromatic carbocycles. The lowest BCUT2D eigenvalue weighted by molar-refractivity contribution is -0.0149. The van der Waals surface area contributed by atoms with Crippen LogP contribution in [0.15, 0.2) is 24.3 Å². The lowest BCUT2D eigenvalue weighted by Crippen LogP contribution is -2.19. The number of ether oxygens (including phenoxy) is 1. The predicted octanol–water partition coefficient (Wildman–Crippen LogP) is 3.60. The van der Waals surface area contributed by atoms with E-state index in [0.29, 0.717) is 6.61 Å². The Hall–Kier alpha value is -1.02. The molecule has 0 bridgehead atoms. The van der Waals surface area contributed by atoms with Gasteiger partial charge < -0.3 is 9.64 Å². The smallest absolute Gasteiger partial charge is 0.0724 e. The van der Waals surface area contributed by atoms with Crippen molar-refractivity contribution in [3.63, 3.8) is 0 Å². The number of anilines is 1. The molecule has 94 valence electrons. The van der Waals surface area contributed by atoms with Gasteiger partial charge in [0.1, 0.15) is 0 Å². The quantitative estimate of drug-likeness (QED) is 0.791. The van der Waals surface area contributed by atoms with Gasteiger partial charge in [0.15, 0.2) is 0 Å². The van der Waals surface area contributed by atoms with Crippen LogP contribution in [0, 0.1) is 0 Å². The van der Waals surface area contributed by atoms with Gasteiger partial charge in [-0.25, -0.2) is 0 Å². The lowest BCUT2D eigenvalue weighted by atomic mass is 10.1. The molecule has 0 atom stereocenters. The Morgan fingerprint density at radius 1 is 1.18 bits per heavy atom. The van der Waals surface area contributed by atoms with Crippen molar-refractivity contribution in [2.45, 2.75) is 45.8 Å². The molecule has 0 saturated carbocycles. The van der Waals surface area contributed by atoms with Gasteiger partial charge in [-0.3, -0.25) is 0 Å². The highest BCUT2D eigenvalue weighted by Gasteiger charge is 2.13. The Morgan fingerprint density at radius 2 is 1.88 bits per heavy atom. The Morgan fingerprint density at radius 3 is 2.53 bits per heavy atom. The molecular formula is C15H23NO. The number of hydrogen-bond acceptors (Lipinski definition) is 2. The van der Waals surface area contributed by atoms with Gasteiger partial charge in [0.05, 0.1) is 12.2 Å². The third-order valence-corrected chi connectivity index (χ3v) is 3.05. The molecule has 1 heterocycles. The summed E-state index contributed by atoms with van der Waals surface area (Å²) in [6.07, 6.45) is 2.64. The molecule has 0 N–H and O–H groups in total. The largest absolute Gasteiger partial charge is 0.372 e. The van der Waals surface area contributed by atoms with Crippen molar-refractivity contribution < 1.29 is 4.74 Å². The van der Waals surface area contributed by atoms with Gasteiger partial charge in [0, 0.05) is 18.8 Å². The lowest BCUT2D eigenvalue weighted by Gasteiger charge is -2.21. The zero-order chi connectivity index (χ0) is 12.3. The Labute approximate surface area is 105 Å². The van der Waals surface area contributed by atoms with E-state index in [-0.39, 0.29) is 5.60 Å². The first kappa shape index (κ1) is 12.4. The molecule has 0 unspecified atom stereocenters. The van der Waals surface area contributed by atoms with E-state index in [1.165, 1.54) is 37.2 Å². The second-order valence-electron chi connectivity index (χ2n) is 5.77. The van der Waals surface area contributed by atoms with E-state index in [2.05, 4.69) is 49.9 Å². The SMILES string of the molecule is CC(C)(C)OCc1cccc(N2CCCC2)c1. The van der Waals surface area contributed by atoms with Gasteiger partial charge in [-0.15, -0.1) is 0 Å². The van der Waals surface area contributed by atoms with E-state index in [1.54, 1.807) is 0 Å². The molecule has 1 fully saturated rings. The van der Waals surface area contributed by atoms with Crippen LogP contribution in [0.4, 0.5) is 5.69 Å². The standard InChI is InChI=1S/C15H23NO/c1-15(2,3)17-12-13-7-6-8-14(11-13)16-9-4-5-10-16/h6-8,11H,4-5,9-10,12H2,1-3H3. The van der Waals surface area contributed by atoms with Gasteiger partial charge in [0.2, 0.25) is 0 Å². The maximum Gasteiger partial charge on any atom is 0.0724 e. The van der Waals surface area contributed by atoms with Crippen LogP contribution in [0.1, 0.15) is 39.2 Å². The minimum absolute atomic E-state index is 0.0658. The van der Waals surface area contributed by atoms with Crippen LogP contribution in [-0.4, -0.2) is 18.7 Å². The molecule has 0 amide bonds. The first-order chi connectivity index (χ1) is 8.04. The van der Waals surface area contributed by atoms with Gasteiger partial charge in [-0.05, 0) is 51.3 Å². The summed E-state index contributed by atoms with van der Waals surface area (Å²) in [6.45, 7) is 9.38. The van der Waals surface area contributed by atoms with Crippen LogP contribution in [-0.2, 0) is 11.3 Å². The van der Waals surface area contributed by atoms with Crippen LogP contribution >= 0.6 is 0 Å². The molecule has 0 radical (unpaired) electrons. The van der Waals surface area contributed by atoms with Crippen LogP contribution in [0.5, 0.6) is 0 Å². The molecule has 1 aromatic rings. The van der Waals surface area contributed by atoms with Crippen molar-refractivity contribution in [3.8, 4) is 0 Å². The summed E-state index contributed by atoms with van der Waals surface area (Å²) in [6, 6.07) is 8.74. The molecule has 1 saturated heterocycles. The first-order valence-electron chi connectivity index (χ1n) is 6.52. The van der Waals surface area contributed by atoms with E-state index in [9.17, 15) is 0 Å². The summed E-state index contributed by atoms with van der Waals surface area (Å²) in [7, 11) is 0. The van der Waals surface area contributed by atoms with Crippen molar-refractivity contribution in [3.05, 3.63) is 29.8 Å². The summed E-state index contributed by atoms with van der Waals surface area (Å²) in [5, 5.41) is 0. The Kier molecular flexibility index (Phi) is 3.72. The monoisotopic (exact) mass is 233 g/mol. The molecule has 1 aliphatic heterocycles. The maximum absolute atomic E-state index is 5.81. The maximum atomic E-state index is 5.81. The summed E-state index contributed by atoms with van der Waals surface area (Å²) in [5.74, 6) is 0. The van der Waals surface area contributed by atoms with Crippen LogP contribution in [0.3, 0.4) is 0 Å². The van der Waals surface area contributed by atoms with Crippen LogP contribution in [0.25, 0.3) is 0 Å². The summed E-state index contributed by atoms with van der Waals surface area (Å²) in [5.41, 5.74) is 2.55. The Bertz CT molecular complexity index is 361. The van der Waals surface area contributed by atoms with E-state index in [4.69, 9.17) is 4.74 Å². The van der Waals surface area contributed by atoms with Crippen molar-refractivity contribution in [1.29, 1.82) is 0 Å². The average Bonchev–Trinajstić information content (AvgIpc) is 2.79. The highest BCUT2D eigenvalue weighted by atomic mass is 16.5. The van der Waals surface area contributed by atoms with E-state index in [1.807, 2.05) is 0 Å². The molecular weight excluding hydrogens is 210 g/mol. The topological polar surface area (TPSA) is 12.5 Å². The van der Waals surface area contributed by atoms with Crippen LogP contribution < -0.4 is 4.90 Å². The number of hydrogen-bond donors (Lipinski definition) is 0. The highest BCUT2D eigenvalue weighted by Crippen LogP contribution is 2.22. The van der Waals surface area contributed by atoms with Crippen LogP contribution in [0.2, 0.25) is 0 Å². The highest BCUT2D eigenvalue weighted by molar-refractivity contribution is 5.49. The third kappa shape index (κ3) is 3.74. The fourth-order valence-electron chi connectivity index (χ4n) is 2.12. The number of benzene rings is 1. The van der Waals surface area contributed by atoms with E-state index >= 15 is 0 Å². The summed E-state index contributed by atoms with van der Waals surface area (Å²) >= 11 is 0. The molecule has 2 rings (SSSR count). The Balaban J connectivity index is 2.01. The molecule has 1 aliphatic rings. The second kappa shape index (κ2) is 5.09. The zero-order valence-electron chi connectivity index (χ0n) is 11.2. The number of rotatable bonds is 3. The van der Waals surface area contributed by atoms with Gasteiger partial charge >= 0.3 is 0 Å². The van der Waals surface area contributed by atoms with E-state index < -0.39 is 0 Å². The molecule has 2 nitrogen and oxygen atoms in total. The van der Waals surface area contributed by atoms with Crippen molar-refractivity contribution in [2.75, 3.05) is 18.0 Å². The van der Waals surface area contributed by atoms with Gasteiger partial charge in [-0.1, -0.05) is 12.1 Å². The van der Waals surface area contributed by atoms with Gasteiger partial charge in [-0.2, -0.15) is 0 Å². The fourth-order valence-corrected chi connectivity index (χ4v) is 2.12. The average molecular weight is 233 g/mol. The molecule has 0 spiro atoms. The molecule has 0 aromatic heterocycles. The minimum Gasteiger partial charge on any atom is -0.372 e. The molecule has 0 aliphatic carbocycles. The molecule has 17 heavy (non-hydrogen) atoms. The first-order valence-corrected chi connectivity index (χ1v) is 6.52. The second-order valence-corrected chi connectivity index (χ2v) is 5.77. The fraction of sp³-hybridized carbons (Fsp3) is 0.600. The summed E-state index contributed by atoms with van der Waals surface area (Å²) in [4.78, 5) is 2.46. The molecule has 2 heteroatoms. The minimum atomic E-state index is -0.0658. The van der Waals surface area contributed by atoms with Gasteiger partial charge in [0.25, 0.3) is 0 Å². The number of nitrogens with zero attached hydrogens (tertiary/aromatic N) is 1. The predicted molar refractivity (Wildman–Crippen MR) is 72.4 cm³/mol. The van der Waals surface area contributed by atoms with E-state index in [0.717, 1.165) is 0 Å².